The minimum atomic E-state index is -0.580. The maximum atomic E-state index is 13.7. The van der Waals surface area contributed by atoms with Gasteiger partial charge in [-0.3, -0.25) is 9.59 Å². The molecule has 0 atom stereocenters. The molecule has 0 fully saturated rings. The van der Waals surface area contributed by atoms with Crippen LogP contribution in [0.25, 0.3) is 16.9 Å². The maximum Gasteiger partial charge on any atom is 0.341 e. The molecule has 0 aliphatic heterocycles. The van der Waals surface area contributed by atoms with E-state index < -0.39 is 11.9 Å². The number of amides is 1. The highest BCUT2D eigenvalue weighted by Gasteiger charge is 2.28. The molecule has 35 heavy (non-hydrogen) atoms. The summed E-state index contributed by atoms with van der Waals surface area (Å²) in [6, 6.07) is 19.0. The van der Waals surface area contributed by atoms with E-state index in [1.807, 2.05) is 67.6 Å². The van der Waals surface area contributed by atoms with Crippen molar-refractivity contribution >= 4 is 34.0 Å². The molecule has 8 heteroatoms. The van der Waals surface area contributed by atoms with Crippen molar-refractivity contribution < 1.29 is 19.1 Å². The van der Waals surface area contributed by atoms with Crippen LogP contribution in [0.1, 0.15) is 55.5 Å². The zero-order chi connectivity index (χ0) is 25.1. The van der Waals surface area contributed by atoms with Gasteiger partial charge in [-0.2, -0.15) is 5.10 Å². The summed E-state index contributed by atoms with van der Waals surface area (Å²) in [5.74, 6) is -1.19. The van der Waals surface area contributed by atoms with Gasteiger partial charge in [-0.15, -0.1) is 11.3 Å². The number of hydrogen-bond donors (Lipinski definition) is 1. The van der Waals surface area contributed by atoms with E-state index in [0.29, 0.717) is 27.4 Å². The number of ether oxygens (including phenoxy) is 1. The Morgan fingerprint density at radius 2 is 1.60 bits per heavy atom. The predicted octanol–water partition coefficient (Wildman–Crippen LogP) is 5.85. The summed E-state index contributed by atoms with van der Waals surface area (Å²) in [4.78, 5) is 39.0. The van der Waals surface area contributed by atoms with Crippen molar-refractivity contribution in [2.75, 3.05) is 11.9 Å². The number of ketones is 1. The fraction of sp³-hybridized carbons (Fsp3) is 0.185. The van der Waals surface area contributed by atoms with Crippen molar-refractivity contribution in [1.29, 1.82) is 0 Å². The van der Waals surface area contributed by atoms with Crippen LogP contribution in [0, 0.1) is 13.8 Å². The highest BCUT2D eigenvalue weighted by atomic mass is 32.1. The minimum Gasteiger partial charge on any atom is -0.462 e. The van der Waals surface area contributed by atoms with Gasteiger partial charge in [-0.25, -0.2) is 9.48 Å². The van der Waals surface area contributed by atoms with Gasteiger partial charge in [0, 0.05) is 5.56 Å². The first-order chi connectivity index (χ1) is 16.8. The third-order valence-corrected chi connectivity index (χ3v) is 6.87. The average molecular weight is 488 g/mol. The molecule has 2 heterocycles. The van der Waals surface area contributed by atoms with E-state index in [-0.39, 0.29) is 23.0 Å². The van der Waals surface area contributed by atoms with Crippen LogP contribution in [-0.2, 0) is 4.74 Å². The monoisotopic (exact) mass is 487 g/mol. The largest absolute Gasteiger partial charge is 0.462 e. The fourth-order valence-corrected chi connectivity index (χ4v) is 5.03. The maximum absolute atomic E-state index is 13.7. The highest BCUT2D eigenvalue weighted by Crippen LogP contribution is 2.35. The third kappa shape index (κ3) is 4.65. The third-order valence-electron chi connectivity index (χ3n) is 5.56. The Labute approximate surface area is 207 Å². The topological polar surface area (TPSA) is 90.3 Å². The van der Waals surface area contributed by atoms with Gasteiger partial charge < -0.3 is 10.1 Å². The summed E-state index contributed by atoms with van der Waals surface area (Å²) < 4.78 is 6.92. The minimum absolute atomic E-state index is 0.179. The van der Waals surface area contributed by atoms with Gasteiger partial charge in [-0.1, -0.05) is 48.5 Å². The van der Waals surface area contributed by atoms with Crippen LogP contribution in [0.5, 0.6) is 0 Å². The smallest absolute Gasteiger partial charge is 0.341 e. The lowest BCUT2D eigenvalue weighted by Crippen LogP contribution is -2.16. The molecule has 0 saturated heterocycles. The molecule has 0 radical (unpaired) electrons. The van der Waals surface area contributed by atoms with Gasteiger partial charge in [0.1, 0.15) is 10.7 Å². The van der Waals surface area contributed by atoms with Gasteiger partial charge in [0.25, 0.3) is 5.91 Å². The summed E-state index contributed by atoms with van der Waals surface area (Å²) in [5, 5.41) is 7.92. The normalized spacial score (nSPS) is 10.7. The van der Waals surface area contributed by atoms with Crippen molar-refractivity contribution in [2.45, 2.75) is 27.7 Å². The number of anilines is 1. The molecule has 1 N–H and O–H groups in total. The molecule has 7 nitrogen and oxygen atoms in total. The van der Waals surface area contributed by atoms with Crippen LogP contribution in [0.2, 0.25) is 0 Å². The summed E-state index contributed by atoms with van der Waals surface area (Å²) >= 11 is 1.07. The van der Waals surface area contributed by atoms with Gasteiger partial charge in [0.2, 0.25) is 0 Å². The van der Waals surface area contributed by atoms with E-state index >= 15 is 0 Å². The Balaban J connectivity index is 1.83. The van der Waals surface area contributed by atoms with Crippen LogP contribution in [-0.4, -0.2) is 34.0 Å². The number of thiophene rings is 1. The number of carbonyl (C=O) groups excluding carboxylic acids is 3. The predicted molar refractivity (Wildman–Crippen MR) is 137 cm³/mol. The zero-order valence-electron chi connectivity index (χ0n) is 19.9. The van der Waals surface area contributed by atoms with E-state index in [1.54, 1.807) is 18.5 Å². The van der Waals surface area contributed by atoms with E-state index in [4.69, 9.17) is 9.84 Å². The summed E-state index contributed by atoms with van der Waals surface area (Å²) in [6.07, 6.45) is 0. The molecule has 2 aromatic carbocycles. The molecule has 0 aliphatic rings. The van der Waals surface area contributed by atoms with Gasteiger partial charge in [-0.05, 0) is 45.4 Å². The fourth-order valence-electron chi connectivity index (χ4n) is 3.94. The lowest BCUT2D eigenvalue weighted by atomic mass is 10.1. The van der Waals surface area contributed by atoms with Gasteiger partial charge in [0.15, 0.2) is 5.78 Å². The van der Waals surface area contributed by atoms with E-state index in [9.17, 15) is 14.4 Å². The van der Waals surface area contributed by atoms with Gasteiger partial charge >= 0.3 is 5.97 Å². The first-order valence-corrected chi connectivity index (χ1v) is 12.0. The standard InChI is InChI=1S/C27H25N3O4S/c1-5-34-27(33)21-16(2)24(18(4)31)35-26(21)28-25(32)22-17(3)30(20-14-10-7-11-15-20)29-23(22)19-12-8-6-9-13-19/h6-15H,5H2,1-4H3,(H,28,32). The van der Waals surface area contributed by atoms with Crippen molar-refractivity contribution in [3.63, 3.8) is 0 Å². The summed E-state index contributed by atoms with van der Waals surface area (Å²) in [6.45, 7) is 6.83. The SMILES string of the molecule is CCOC(=O)c1c(NC(=O)c2c(-c3ccccc3)nn(-c3ccccc3)c2C)sc(C(C)=O)c1C. The number of Topliss-reactive ketones (excluding diaryl/α,β-unsaturated/α-hetero) is 1. The first-order valence-electron chi connectivity index (χ1n) is 11.2. The summed E-state index contributed by atoms with van der Waals surface area (Å²) in [5.41, 5.74) is 3.84. The molecular formula is C27H25N3O4S. The number of carbonyl (C=O) groups is 3. The van der Waals surface area contributed by atoms with Crippen LogP contribution < -0.4 is 5.32 Å². The Hall–Kier alpha value is -4.04. The molecule has 4 rings (SSSR count). The number of nitrogens with zero attached hydrogens (tertiary/aromatic N) is 2. The number of hydrogen-bond acceptors (Lipinski definition) is 6. The lowest BCUT2D eigenvalue weighted by Gasteiger charge is -2.09. The van der Waals surface area contributed by atoms with E-state index in [1.165, 1.54) is 6.92 Å². The van der Waals surface area contributed by atoms with Gasteiger partial charge in [0.05, 0.1) is 34.0 Å². The van der Waals surface area contributed by atoms with E-state index in [2.05, 4.69) is 5.32 Å². The quantitative estimate of drug-likeness (QED) is 0.261. The lowest BCUT2D eigenvalue weighted by molar-refractivity contribution is 0.0527. The van der Waals surface area contributed by atoms with E-state index in [0.717, 1.165) is 22.6 Å². The molecule has 0 aliphatic carbocycles. The van der Waals surface area contributed by atoms with Crippen molar-refractivity contribution in [3.05, 3.63) is 87.9 Å². The molecule has 0 unspecified atom stereocenters. The average Bonchev–Trinajstić information content (AvgIpc) is 3.37. The van der Waals surface area contributed by atoms with Crippen LogP contribution in [0.15, 0.2) is 60.7 Å². The molecule has 1 amide bonds. The second-order valence-corrected chi connectivity index (χ2v) is 8.93. The number of rotatable bonds is 7. The molecule has 4 aromatic rings. The highest BCUT2D eigenvalue weighted by molar-refractivity contribution is 7.18. The Kier molecular flexibility index (Phi) is 6.93. The van der Waals surface area contributed by atoms with Crippen LogP contribution >= 0.6 is 11.3 Å². The molecular weight excluding hydrogens is 462 g/mol. The zero-order valence-corrected chi connectivity index (χ0v) is 20.7. The number of para-hydroxylation sites is 1. The number of benzene rings is 2. The number of aromatic nitrogens is 2. The summed E-state index contributed by atoms with van der Waals surface area (Å²) in [7, 11) is 0. The second kappa shape index (κ2) is 10.1. The molecule has 0 saturated carbocycles. The number of esters is 1. The van der Waals surface area contributed by atoms with Crippen LogP contribution in [0.4, 0.5) is 5.00 Å². The Morgan fingerprint density at radius 3 is 2.20 bits per heavy atom. The van der Waals surface area contributed by atoms with Crippen molar-refractivity contribution in [1.82, 2.24) is 9.78 Å². The van der Waals surface area contributed by atoms with Crippen molar-refractivity contribution in [3.8, 4) is 16.9 Å². The van der Waals surface area contributed by atoms with Crippen LogP contribution in [0.3, 0.4) is 0 Å². The Bertz CT molecular complexity index is 1410. The molecule has 178 valence electrons. The first kappa shape index (κ1) is 24.1. The molecule has 2 aromatic heterocycles. The second-order valence-electron chi connectivity index (χ2n) is 7.91. The molecule has 0 spiro atoms. The molecule has 0 bridgehead atoms. The van der Waals surface area contributed by atoms with Crippen molar-refractivity contribution in [2.24, 2.45) is 0 Å². The number of nitrogens with one attached hydrogen (secondary N) is 1. The Morgan fingerprint density at radius 1 is 0.971 bits per heavy atom.